The molecule has 1 N–H and O–H groups in total. The molecule has 0 saturated heterocycles. The Morgan fingerprint density at radius 1 is 1.47 bits per heavy atom. The molecule has 0 spiro atoms. The first-order valence-corrected chi connectivity index (χ1v) is 6.71. The fourth-order valence-corrected chi connectivity index (χ4v) is 1.79. The van der Waals surface area contributed by atoms with Gasteiger partial charge in [-0.2, -0.15) is 5.26 Å². The Kier molecular flexibility index (Phi) is 6.91. The molecule has 0 aliphatic carbocycles. The minimum absolute atomic E-state index is 0.0432. The number of nitrogens with one attached hydrogen (secondary N) is 1. The van der Waals surface area contributed by atoms with Crippen LogP contribution in [0.3, 0.4) is 0 Å². The Hall–Kier alpha value is -1.60. The van der Waals surface area contributed by atoms with Gasteiger partial charge in [0.05, 0.1) is 12.7 Å². The first kappa shape index (κ1) is 15.5. The zero-order valence-corrected chi connectivity index (χ0v) is 11.6. The molecule has 0 fully saturated rings. The first-order chi connectivity index (χ1) is 9.19. The van der Waals surface area contributed by atoms with Crippen LogP contribution in [0.25, 0.3) is 0 Å². The van der Waals surface area contributed by atoms with E-state index in [0.29, 0.717) is 25.2 Å². The van der Waals surface area contributed by atoms with E-state index in [1.807, 2.05) is 6.92 Å². The lowest BCUT2D eigenvalue weighted by Gasteiger charge is -2.18. The van der Waals surface area contributed by atoms with Gasteiger partial charge in [-0.1, -0.05) is 6.92 Å². The van der Waals surface area contributed by atoms with Crippen molar-refractivity contribution in [3.05, 3.63) is 29.6 Å². The highest BCUT2D eigenvalue weighted by atomic mass is 19.1. The number of hydrogen-bond donors (Lipinski definition) is 1. The molecule has 104 valence electrons. The minimum atomic E-state index is -0.260. The fraction of sp³-hybridized carbons (Fsp3) is 0.533. The van der Waals surface area contributed by atoms with E-state index in [-0.39, 0.29) is 11.9 Å². The summed E-state index contributed by atoms with van der Waals surface area (Å²) in [5.41, 5.74) is 0.824. The van der Waals surface area contributed by atoms with E-state index >= 15 is 0 Å². The van der Waals surface area contributed by atoms with E-state index in [1.54, 1.807) is 6.07 Å². The molecule has 1 aromatic rings. The summed E-state index contributed by atoms with van der Waals surface area (Å²) in [4.78, 5) is 0. The predicted octanol–water partition coefficient (Wildman–Crippen LogP) is 3.57. The third-order valence-corrected chi connectivity index (χ3v) is 2.83. The molecular formula is C15H21FN2O. The molecular weight excluding hydrogens is 243 g/mol. The van der Waals surface area contributed by atoms with Gasteiger partial charge in [-0.15, -0.1) is 0 Å². The van der Waals surface area contributed by atoms with E-state index in [4.69, 9.17) is 10.00 Å². The SMILES string of the molecule is CCCNC(C)c1cc(F)ccc1OCCCC#N. The summed E-state index contributed by atoms with van der Waals surface area (Å²) in [7, 11) is 0. The molecule has 0 aromatic heterocycles. The van der Waals surface area contributed by atoms with Gasteiger partial charge in [0.15, 0.2) is 0 Å². The van der Waals surface area contributed by atoms with Gasteiger partial charge in [0, 0.05) is 18.0 Å². The Morgan fingerprint density at radius 2 is 2.26 bits per heavy atom. The molecule has 4 heteroatoms. The van der Waals surface area contributed by atoms with Gasteiger partial charge in [0.1, 0.15) is 11.6 Å². The summed E-state index contributed by atoms with van der Waals surface area (Å²) in [6.07, 6.45) is 2.18. The maximum Gasteiger partial charge on any atom is 0.124 e. The zero-order chi connectivity index (χ0) is 14.1. The molecule has 3 nitrogen and oxygen atoms in total. The topological polar surface area (TPSA) is 45.0 Å². The summed E-state index contributed by atoms with van der Waals surface area (Å²) >= 11 is 0. The van der Waals surface area contributed by atoms with Crippen LogP contribution in [0.5, 0.6) is 5.75 Å². The van der Waals surface area contributed by atoms with Crippen molar-refractivity contribution in [3.63, 3.8) is 0 Å². The van der Waals surface area contributed by atoms with Crippen molar-refractivity contribution < 1.29 is 9.13 Å². The van der Waals surface area contributed by atoms with Crippen LogP contribution in [0.15, 0.2) is 18.2 Å². The average Bonchev–Trinajstić information content (AvgIpc) is 2.42. The van der Waals surface area contributed by atoms with Crippen LogP contribution in [-0.4, -0.2) is 13.2 Å². The van der Waals surface area contributed by atoms with Gasteiger partial charge in [0.25, 0.3) is 0 Å². The second-order valence-electron chi connectivity index (χ2n) is 4.47. The maximum absolute atomic E-state index is 13.3. The number of hydrogen-bond acceptors (Lipinski definition) is 3. The van der Waals surface area contributed by atoms with E-state index in [9.17, 15) is 4.39 Å². The largest absolute Gasteiger partial charge is 0.493 e. The van der Waals surface area contributed by atoms with Gasteiger partial charge >= 0.3 is 0 Å². The van der Waals surface area contributed by atoms with Crippen LogP contribution in [0.2, 0.25) is 0 Å². The smallest absolute Gasteiger partial charge is 0.124 e. The summed E-state index contributed by atoms with van der Waals surface area (Å²) in [5, 5.41) is 11.8. The average molecular weight is 264 g/mol. The normalized spacial score (nSPS) is 11.9. The lowest BCUT2D eigenvalue weighted by Crippen LogP contribution is -2.20. The highest BCUT2D eigenvalue weighted by Gasteiger charge is 2.12. The van der Waals surface area contributed by atoms with Gasteiger partial charge < -0.3 is 10.1 Å². The standard InChI is InChI=1S/C15H21FN2O/c1-3-9-18-12(2)14-11-13(16)6-7-15(14)19-10-5-4-8-17/h6-7,11-12,18H,3-5,9-10H2,1-2H3. The van der Waals surface area contributed by atoms with Gasteiger partial charge in [-0.25, -0.2) is 4.39 Å². The molecule has 0 aliphatic heterocycles. The third kappa shape index (κ3) is 5.27. The lowest BCUT2D eigenvalue weighted by molar-refractivity contribution is 0.305. The number of benzene rings is 1. The van der Waals surface area contributed by atoms with E-state index < -0.39 is 0 Å². The monoisotopic (exact) mass is 264 g/mol. The van der Waals surface area contributed by atoms with Crippen molar-refractivity contribution in [2.45, 2.75) is 39.2 Å². The van der Waals surface area contributed by atoms with Crippen molar-refractivity contribution in [1.29, 1.82) is 5.26 Å². The summed E-state index contributed by atoms with van der Waals surface area (Å²) < 4.78 is 19.0. The molecule has 0 aliphatic rings. The second-order valence-corrected chi connectivity index (χ2v) is 4.47. The highest BCUT2D eigenvalue weighted by Crippen LogP contribution is 2.26. The first-order valence-electron chi connectivity index (χ1n) is 6.71. The molecule has 1 unspecified atom stereocenters. The Morgan fingerprint density at radius 3 is 2.95 bits per heavy atom. The molecule has 1 rings (SSSR count). The second kappa shape index (κ2) is 8.49. The van der Waals surface area contributed by atoms with Crippen LogP contribution >= 0.6 is 0 Å². The quantitative estimate of drug-likeness (QED) is 0.730. The predicted molar refractivity (Wildman–Crippen MR) is 73.5 cm³/mol. The number of unbranched alkanes of at least 4 members (excludes halogenated alkanes) is 1. The van der Waals surface area contributed by atoms with Crippen LogP contribution in [0, 0.1) is 17.1 Å². The molecule has 19 heavy (non-hydrogen) atoms. The van der Waals surface area contributed by atoms with E-state index in [2.05, 4.69) is 18.3 Å². The van der Waals surface area contributed by atoms with Gasteiger partial charge in [0.2, 0.25) is 0 Å². The summed E-state index contributed by atoms with van der Waals surface area (Å²) in [5.74, 6) is 0.431. The van der Waals surface area contributed by atoms with Crippen molar-refractivity contribution >= 4 is 0 Å². The van der Waals surface area contributed by atoms with Crippen LogP contribution in [0.1, 0.15) is 44.7 Å². The Balaban J connectivity index is 2.71. The molecule has 0 bridgehead atoms. The minimum Gasteiger partial charge on any atom is -0.493 e. The van der Waals surface area contributed by atoms with Crippen LogP contribution in [-0.2, 0) is 0 Å². The number of halogens is 1. The van der Waals surface area contributed by atoms with Crippen LogP contribution < -0.4 is 10.1 Å². The van der Waals surface area contributed by atoms with Crippen molar-refractivity contribution in [3.8, 4) is 11.8 Å². The molecule has 0 radical (unpaired) electrons. The van der Waals surface area contributed by atoms with Gasteiger partial charge in [-0.3, -0.25) is 0 Å². The Labute approximate surface area is 114 Å². The number of nitrogens with zero attached hydrogens (tertiary/aromatic N) is 1. The molecule has 1 aromatic carbocycles. The number of ether oxygens (including phenoxy) is 1. The van der Waals surface area contributed by atoms with Gasteiger partial charge in [-0.05, 0) is 44.5 Å². The molecule has 0 amide bonds. The number of nitriles is 1. The third-order valence-electron chi connectivity index (χ3n) is 2.83. The lowest BCUT2D eigenvalue weighted by atomic mass is 10.1. The van der Waals surface area contributed by atoms with Crippen molar-refractivity contribution in [2.75, 3.05) is 13.2 Å². The van der Waals surface area contributed by atoms with E-state index in [1.165, 1.54) is 12.1 Å². The maximum atomic E-state index is 13.3. The highest BCUT2D eigenvalue weighted by molar-refractivity contribution is 5.36. The van der Waals surface area contributed by atoms with E-state index in [0.717, 1.165) is 18.5 Å². The van der Waals surface area contributed by atoms with Crippen molar-refractivity contribution in [2.24, 2.45) is 0 Å². The molecule has 0 saturated carbocycles. The molecule has 0 heterocycles. The zero-order valence-electron chi connectivity index (χ0n) is 11.6. The summed E-state index contributed by atoms with van der Waals surface area (Å²) in [6.45, 7) is 5.44. The molecule has 1 atom stereocenters. The van der Waals surface area contributed by atoms with Crippen LogP contribution in [0.4, 0.5) is 4.39 Å². The Bertz CT molecular complexity index is 429. The van der Waals surface area contributed by atoms with Crippen molar-refractivity contribution in [1.82, 2.24) is 5.32 Å². The number of rotatable bonds is 8. The fourth-order valence-electron chi connectivity index (χ4n) is 1.79. The summed E-state index contributed by atoms with van der Waals surface area (Å²) in [6, 6.07) is 6.68.